The molecule has 4 N–H and O–H groups in total. The van der Waals surface area contributed by atoms with Crippen molar-refractivity contribution in [2.45, 2.75) is 18.9 Å². The first-order valence-electron chi connectivity index (χ1n) is 5.05. The van der Waals surface area contributed by atoms with Gasteiger partial charge in [-0.3, -0.25) is 4.79 Å². The maximum absolute atomic E-state index is 11.7. The molecule has 0 spiro atoms. The van der Waals surface area contributed by atoms with Gasteiger partial charge in [-0.25, -0.2) is 0 Å². The summed E-state index contributed by atoms with van der Waals surface area (Å²) in [5.74, 6) is 0.500. The largest absolute Gasteiger partial charge is 0.356 e. The van der Waals surface area contributed by atoms with Crippen molar-refractivity contribution < 1.29 is 4.79 Å². The first kappa shape index (κ1) is 10.7. The Hall–Kier alpha value is -0.810. The van der Waals surface area contributed by atoms with Crippen molar-refractivity contribution in [3.8, 4) is 0 Å². The summed E-state index contributed by atoms with van der Waals surface area (Å²) in [5.41, 5.74) is 6.18. The highest BCUT2D eigenvalue weighted by atomic mass is 79.9. The third-order valence-electron chi connectivity index (χ3n) is 2.65. The van der Waals surface area contributed by atoms with E-state index >= 15 is 0 Å². The topological polar surface area (TPSA) is 70.9 Å². The number of aromatic nitrogens is 1. The molecule has 1 atom stereocenters. The molecule has 2 rings (SSSR count). The van der Waals surface area contributed by atoms with Crippen LogP contribution in [0.3, 0.4) is 0 Å². The van der Waals surface area contributed by atoms with Crippen molar-refractivity contribution in [2.75, 3.05) is 6.54 Å². The van der Waals surface area contributed by atoms with E-state index in [4.69, 9.17) is 5.73 Å². The molecule has 1 aliphatic rings. The lowest BCUT2D eigenvalue weighted by molar-refractivity contribution is 0.0929. The monoisotopic (exact) mass is 271 g/mol. The fraction of sp³-hybridized carbons (Fsp3) is 0.500. The molecule has 15 heavy (non-hydrogen) atoms. The number of halogens is 1. The van der Waals surface area contributed by atoms with E-state index in [1.807, 2.05) is 0 Å². The molecule has 1 unspecified atom stereocenters. The third-order valence-corrected chi connectivity index (χ3v) is 3.11. The van der Waals surface area contributed by atoms with Gasteiger partial charge < -0.3 is 16.0 Å². The van der Waals surface area contributed by atoms with Gasteiger partial charge in [0, 0.05) is 23.3 Å². The molecule has 0 saturated heterocycles. The second kappa shape index (κ2) is 4.37. The van der Waals surface area contributed by atoms with E-state index in [1.165, 1.54) is 12.8 Å². The van der Waals surface area contributed by atoms with Gasteiger partial charge in [0.1, 0.15) is 5.69 Å². The van der Waals surface area contributed by atoms with Gasteiger partial charge >= 0.3 is 0 Å². The van der Waals surface area contributed by atoms with Crippen LogP contribution >= 0.6 is 15.9 Å². The van der Waals surface area contributed by atoms with Crippen LogP contribution < -0.4 is 11.1 Å². The predicted octanol–water partition coefficient (Wildman–Crippen LogP) is 1.24. The molecule has 82 valence electrons. The lowest BCUT2D eigenvalue weighted by Gasteiger charge is -2.15. The van der Waals surface area contributed by atoms with E-state index in [1.54, 1.807) is 12.3 Å². The lowest BCUT2D eigenvalue weighted by Crippen LogP contribution is -2.41. The molecule has 4 nitrogen and oxygen atoms in total. The average Bonchev–Trinajstić information content (AvgIpc) is 2.97. The Labute approximate surface area is 96.7 Å². The van der Waals surface area contributed by atoms with Gasteiger partial charge in [0.2, 0.25) is 0 Å². The Bertz CT molecular complexity index is 359. The predicted molar refractivity (Wildman–Crippen MR) is 61.5 cm³/mol. The van der Waals surface area contributed by atoms with E-state index in [0.29, 0.717) is 18.2 Å². The Balaban J connectivity index is 1.96. The van der Waals surface area contributed by atoms with Crippen molar-refractivity contribution in [3.05, 3.63) is 22.4 Å². The zero-order valence-corrected chi connectivity index (χ0v) is 9.88. The number of hydrogen-bond acceptors (Lipinski definition) is 2. The molecule has 1 aliphatic carbocycles. The highest BCUT2D eigenvalue weighted by Gasteiger charge is 2.31. The Morgan fingerprint density at radius 1 is 1.73 bits per heavy atom. The Kier molecular flexibility index (Phi) is 3.11. The maximum atomic E-state index is 11.7. The van der Waals surface area contributed by atoms with Gasteiger partial charge in [0.15, 0.2) is 0 Å². The molecule has 5 heteroatoms. The van der Waals surface area contributed by atoms with Gasteiger partial charge in [-0.2, -0.15) is 0 Å². The first-order chi connectivity index (χ1) is 7.20. The van der Waals surface area contributed by atoms with Crippen molar-refractivity contribution in [1.29, 1.82) is 0 Å². The van der Waals surface area contributed by atoms with Crippen molar-refractivity contribution >= 4 is 21.8 Å². The molecule has 0 radical (unpaired) electrons. The van der Waals surface area contributed by atoms with E-state index < -0.39 is 0 Å². The van der Waals surface area contributed by atoms with Crippen LogP contribution in [0.2, 0.25) is 0 Å². The minimum atomic E-state index is -0.0805. The van der Waals surface area contributed by atoms with Gasteiger partial charge in [-0.05, 0) is 40.8 Å². The number of carbonyl (C=O) groups is 1. The summed E-state index contributed by atoms with van der Waals surface area (Å²) in [7, 11) is 0. The molecule has 1 aromatic heterocycles. The van der Waals surface area contributed by atoms with Gasteiger partial charge in [0.25, 0.3) is 5.91 Å². The summed E-state index contributed by atoms with van der Waals surface area (Å²) in [4.78, 5) is 14.6. The number of rotatable bonds is 4. The van der Waals surface area contributed by atoms with Crippen LogP contribution in [0.4, 0.5) is 0 Å². The summed E-state index contributed by atoms with van der Waals surface area (Å²) in [6.45, 7) is 0.512. The number of amides is 1. The molecule has 1 heterocycles. The fourth-order valence-corrected chi connectivity index (χ4v) is 1.96. The standard InChI is InChI=1S/C10H14BrN3O/c11-7-3-8(13-5-7)10(15)14-9(4-12)6-1-2-6/h3,5-6,9,13H,1-2,4,12H2,(H,14,15). The highest BCUT2D eigenvalue weighted by Crippen LogP contribution is 2.32. The zero-order valence-electron chi connectivity index (χ0n) is 8.29. The summed E-state index contributed by atoms with van der Waals surface area (Å²) in [6.07, 6.45) is 4.09. The second-order valence-corrected chi connectivity index (χ2v) is 4.80. The number of H-pyrrole nitrogens is 1. The van der Waals surface area contributed by atoms with E-state index in [-0.39, 0.29) is 11.9 Å². The third kappa shape index (κ3) is 2.60. The molecule has 1 aromatic rings. The number of aromatic amines is 1. The van der Waals surface area contributed by atoms with Crippen LogP contribution in [0.5, 0.6) is 0 Å². The highest BCUT2D eigenvalue weighted by molar-refractivity contribution is 9.10. The molecule has 0 aromatic carbocycles. The van der Waals surface area contributed by atoms with Crippen molar-refractivity contribution in [3.63, 3.8) is 0 Å². The van der Waals surface area contributed by atoms with E-state index in [2.05, 4.69) is 26.2 Å². The summed E-state index contributed by atoms with van der Waals surface area (Å²) in [5, 5.41) is 2.94. The fourth-order valence-electron chi connectivity index (χ4n) is 1.61. The van der Waals surface area contributed by atoms with Crippen molar-refractivity contribution in [2.24, 2.45) is 11.7 Å². The minimum Gasteiger partial charge on any atom is -0.356 e. The molecule has 0 bridgehead atoms. The van der Waals surface area contributed by atoms with Gasteiger partial charge in [-0.1, -0.05) is 0 Å². The number of nitrogens with two attached hydrogens (primary N) is 1. The van der Waals surface area contributed by atoms with Crippen LogP contribution in [0, 0.1) is 5.92 Å². The van der Waals surface area contributed by atoms with E-state index in [9.17, 15) is 4.79 Å². The van der Waals surface area contributed by atoms with E-state index in [0.717, 1.165) is 4.47 Å². The van der Waals surface area contributed by atoms with Gasteiger partial charge in [0.05, 0.1) is 0 Å². The summed E-state index contributed by atoms with van der Waals surface area (Å²) >= 11 is 3.29. The Morgan fingerprint density at radius 2 is 2.47 bits per heavy atom. The number of carbonyl (C=O) groups excluding carboxylic acids is 1. The SMILES string of the molecule is NCC(NC(=O)c1cc(Br)c[nH]1)C1CC1. The number of hydrogen-bond donors (Lipinski definition) is 3. The smallest absolute Gasteiger partial charge is 0.268 e. The average molecular weight is 272 g/mol. The molecular weight excluding hydrogens is 258 g/mol. The summed E-state index contributed by atoms with van der Waals surface area (Å²) in [6, 6.07) is 1.88. The molecule has 0 aliphatic heterocycles. The molecule has 1 fully saturated rings. The Morgan fingerprint density at radius 3 is 2.93 bits per heavy atom. The van der Waals surface area contributed by atoms with Crippen LogP contribution in [0.1, 0.15) is 23.3 Å². The molecule has 1 amide bonds. The quantitative estimate of drug-likeness (QED) is 0.771. The van der Waals surface area contributed by atoms with Crippen molar-refractivity contribution in [1.82, 2.24) is 10.3 Å². The maximum Gasteiger partial charge on any atom is 0.268 e. The molecular formula is C10H14BrN3O. The zero-order chi connectivity index (χ0) is 10.8. The second-order valence-electron chi connectivity index (χ2n) is 3.88. The van der Waals surface area contributed by atoms with Crippen LogP contribution in [0.15, 0.2) is 16.7 Å². The number of nitrogens with one attached hydrogen (secondary N) is 2. The van der Waals surface area contributed by atoms with Gasteiger partial charge in [-0.15, -0.1) is 0 Å². The minimum absolute atomic E-state index is 0.0805. The van der Waals surface area contributed by atoms with Crippen LogP contribution in [-0.4, -0.2) is 23.5 Å². The summed E-state index contributed by atoms with van der Waals surface area (Å²) < 4.78 is 0.878. The lowest BCUT2D eigenvalue weighted by atomic mass is 10.2. The van der Waals surface area contributed by atoms with Crippen LogP contribution in [0.25, 0.3) is 0 Å². The van der Waals surface area contributed by atoms with Crippen LogP contribution in [-0.2, 0) is 0 Å². The first-order valence-corrected chi connectivity index (χ1v) is 5.85. The molecule has 1 saturated carbocycles. The normalized spacial score (nSPS) is 17.5.